The van der Waals surface area contributed by atoms with Crippen LogP contribution in [0.15, 0.2) is 126 Å². The molecule has 2 atom stereocenters. The van der Waals surface area contributed by atoms with Gasteiger partial charge in [0.15, 0.2) is 0 Å². The van der Waals surface area contributed by atoms with Gasteiger partial charge in [-0.25, -0.2) is 5.01 Å². The number of hydrogen-bond acceptors (Lipinski definition) is 6. The summed E-state index contributed by atoms with van der Waals surface area (Å²) in [6.45, 7) is 0.533. The highest BCUT2D eigenvalue weighted by molar-refractivity contribution is 6.02. The Hall–Kier alpha value is -5.28. The molecule has 7 rings (SSSR count). The third-order valence-electron chi connectivity index (χ3n) is 9.35. The Balaban J connectivity index is 1.43. The second-order valence-electron chi connectivity index (χ2n) is 12.2. The van der Waals surface area contributed by atoms with E-state index in [0.29, 0.717) is 35.2 Å². The molecule has 0 bridgehead atoms. The van der Waals surface area contributed by atoms with Crippen LogP contribution < -0.4 is 5.43 Å². The number of ether oxygens (including phenoxy) is 1. The lowest BCUT2D eigenvalue weighted by molar-refractivity contribution is -0.151. The Morgan fingerprint density at radius 3 is 1.89 bits per heavy atom. The second kappa shape index (κ2) is 13.2. The van der Waals surface area contributed by atoms with Crippen LogP contribution >= 0.6 is 0 Å². The summed E-state index contributed by atoms with van der Waals surface area (Å²) in [5.41, 5.74) is 3.27. The highest BCUT2D eigenvalue weighted by atomic mass is 16.5. The standard InChI is InChI=1S/C38H37N5O4/c44-33(28-16-6-1-7-17-28)39-42(35(45)30-20-10-3-11-21-30)38-26-27-41(32-24-14-5-15-25-32)37(38)47-34(29-18-8-2-9-19-29)40-43(38)36(46)31-22-12-4-13-23-31/h1-4,6-13,16-23,32,37H,5,14-15,24-27H2,(H,39,44). The normalized spacial score (nSPS) is 21.2. The zero-order valence-electron chi connectivity index (χ0n) is 26.1. The van der Waals surface area contributed by atoms with Gasteiger partial charge in [-0.05, 0) is 61.4 Å². The van der Waals surface area contributed by atoms with Crippen molar-refractivity contribution in [2.75, 3.05) is 6.54 Å². The fourth-order valence-corrected chi connectivity index (χ4v) is 7.00. The maximum atomic E-state index is 14.7. The minimum atomic E-state index is -1.53. The Kier molecular flexibility index (Phi) is 8.54. The fraction of sp³-hybridized carbons (Fsp3) is 0.263. The molecule has 2 aliphatic heterocycles. The molecule has 1 saturated heterocycles. The summed E-state index contributed by atoms with van der Waals surface area (Å²) in [6.07, 6.45) is 4.77. The summed E-state index contributed by atoms with van der Waals surface area (Å²) >= 11 is 0. The first-order valence-corrected chi connectivity index (χ1v) is 16.3. The quantitative estimate of drug-likeness (QED) is 0.262. The SMILES string of the molecule is O=C(NN(C(=O)c1ccccc1)C12CCN(C3CCCCC3)C1OC(c1ccccc1)=NN2C(=O)c1ccccc1)c1ccccc1. The van der Waals surface area contributed by atoms with Crippen LogP contribution in [0.25, 0.3) is 0 Å². The van der Waals surface area contributed by atoms with Crippen molar-refractivity contribution in [1.29, 1.82) is 0 Å². The van der Waals surface area contributed by atoms with Crippen molar-refractivity contribution in [3.05, 3.63) is 144 Å². The summed E-state index contributed by atoms with van der Waals surface area (Å²) in [7, 11) is 0. The van der Waals surface area contributed by atoms with Crippen molar-refractivity contribution in [3.8, 4) is 0 Å². The summed E-state index contributed by atoms with van der Waals surface area (Å²) in [5, 5.41) is 7.62. The summed E-state index contributed by atoms with van der Waals surface area (Å²) in [4.78, 5) is 45.7. The van der Waals surface area contributed by atoms with E-state index in [1.807, 2.05) is 48.5 Å². The fourth-order valence-electron chi connectivity index (χ4n) is 7.00. The molecule has 47 heavy (non-hydrogen) atoms. The molecular formula is C38H37N5O4. The predicted molar refractivity (Wildman–Crippen MR) is 178 cm³/mol. The number of carbonyl (C=O) groups is 3. The number of rotatable bonds is 6. The molecule has 9 heteroatoms. The lowest BCUT2D eigenvalue weighted by Gasteiger charge is -2.52. The summed E-state index contributed by atoms with van der Waals surface area (Å²) < 4.78 is 6.87. The summed E-state index contributed by atoms with van der Waals surface area (Å²) in [5.74, 6) is -1.08. The van der Waals surface area contributed by atoms with Gasteiger partial charge >= 0.3 is 0 Å². The zero-order chi connectivity index (χ0) is 32.2. The van der Waals surface area contributed by atoms with Gasteiger partial charge in [0, 0.05) is 41.3 Å². The molecule has 0 aromatic heterocycles. The first-order chi connectivity index (χ1) is 23.1. The van der Waals surface area contributed by atoms with Crippen LogP contribution in [0.3, 0.4) is 0 Å². The van der Waals surface area contributed by atoms with Crippen LogP contribution in [-0.2, 0) is 4.74 Å². The first-order valence-electron chi connectivity index (χ1n) is 16.3. The highest BCUT2D eigenvalue weighted by Crippen LogP contribution is 2.45. The van der Waals surface area contributed by atoms with Crippen LogP contribution in [0.4, 0.5) is 0 Å². The van der Waals surface area contributed by atoms with E-state index in [1.165, 1.54) is 16.4 Å². The van der Waals surface area contributed by atoms with Crippen molar-refractivity contribution in [3.63, 3.8) is 0 Å². The smallest absolute Gasteiger partial charge is 0.276 e. The van der Waals surface area contributed by atoms with Gasteiger partial charge in [0.05, 0.1) is 0 Å². The third kappa shape index (κ3) is 5.79. The van der Waals surface area contributed by atoms with E-state index in [4.69, 9.17) is 9.84 Å². The Labute approximate surface area is 274 Å². The van der Waals surface area contributed by atoms with Gasteiger partial charge in [-0.2, -0.15) is 5.01 Å². The molecule has 4 aromatic rings. The number of hydrazone groups is 1. The summed E-state index contributed by atoms with van der Waals surface area (Å²) in [6, 6.07) is 36.1. The molecule has 3 amide bonds. The number of nitrogens with zero attached hydrogens (tertiary/aromatic N) is 4. The molecule has 9 nitrogen and oxygen atoms in total. The Morgan fingerprint density at radius 1 is 0.723 bits per heavy atom. The maximum Gasteiger partial charge on any atom is 0.276 e. The minimum Gasteiger partial charge on any atom is -0.452 e. The second-order valence-corrected chi connectivity index (χ2v) is 12.2. The number of hydrazine groups is 1. The highest BCUT2D eigenvalue weighted by Gasteiger charge is 2.64. The van der Waals surface area contributed by atoms with Crippen LogP contribution in [-0.4, -0.2) is 63.0 Å². The van der Waals surface area contributed by atoms with E-state index < -0.39 is 29.6 Å². The minimum absolute atomic E-state index is 0.179. The molecule has 238 valence electrons. The average Bonchev–Trinajstić information content (AvgIpc) is 3.54. The van der Waals surface area contributed by atoms with Gasteiger partial charge in [-0.15, -0.1) is 5.10 Å². The third-order valence-corrected chi connectivity index (χ3v) is 9.35. The van der Waals surface area contributed by atoms with Crippen molar-refractivity contribution >= 4 is 23.6 Å². The van der Waals surface area contributed by atoms with E-state index in [9.17, 15) is 14.4 Å². The number of likely N-dealkylation sites (tertiary alicyclic amines) is 1. The van der Waals surface area contributed by atoms with Gasteiger partial charge in [0.1, 0.15) is 0 Å². The number of carbonyl (C=O) groups excluding carboxylic acids is 3. The van der Waals surface area contributed by atoms with E-state index in [-0.39, 0.29) is 11.9 Å². The van der Waals surface area contributed by atoms with Crippen molar-refractivity contribution in [2.24, 2.45) is 5.10 Å². The van der Waals surface area contributed by atoms with Crippen molar-refractivity contribution in [2.45, 2.75) is 56.5 Å². The Morgan fingerprint density at radius 2 is 1.28 bits per heavy atom. The van der Waals surface area contributed by atoms with E-state index in [2.05, 4.69) is 10.3 Å². The molecule has 0 radical (unpaired) electrons. The molecule has 1 aliphatic carbocycles. The van der Waals surface area contributed by atoms with Crippen LogP contribution in [0.5, 0.6) is 0 Å². The zero-order valence-corrected chi connectivity index (χ0v) is 26.1. The molecule has 2 fully saturated rings. The molecule has 4 aromatic carbocycles. The first kappa shape index (κ1) is 30.4. The van der Waals surface area contributed by atoms with E-state index in [0.717, 1.165) is 25.7 Å². The number of benzene rings is 4. The lowest BCUT2D eigenvalue weighted by atomic mass is 9.94. The van der Waals surface area contributed by atoms with Crippen LogP contribution in [0.2, 0.25) is 0 Å². The number of nitrogens with one attached hydrogen (secondary N) is 1. The molecule has 2 heterocycles. The molecule has 2 unspecified atom stereocenters. The molecule has 0 spiro atoms. The van der Waals surface area contributed by atoms with Crippen molar-refractivity contribution in [1.82, 2.24) is 20.3 Å². The lowest BCUT2D eigenvalue weighted by Crippen LogP contribution is -2.74. The van der Waals surface area contributed by atoms with E-state index in [1.54, 1.807) is 72.8 Å². The number of fused-ring (bicyclic) bond motifs is 1. The molecule has 1 saturated carbocycles. The van der Waals surface area contributed by atoms with Gasteiger partial charge < -0.3 is 4.74 Å². The number of hydrogen-bond donors (Lipinski definition) is 1. The molecule has 1 N–H and O–H groups in total. The molecular weight excluding hydrogens is 590 g/mol. The Bertz CT molecular complexity index is 1750. The van der Waals surface area contributed by atoms with Crippen molar-refractivity contribution < 1.29 is 19.1 Å². The van der Waals surface area contributed by atoms with Gasteiger partial charge in [0.25, 0.3) is 17.7 Å². The average molecular weight is 628 g/mol. The van der Waals surface area contributed by atoms with E-state index >= 15 is 0 Å². The van der Waals surface area contributed by atoms with Gasteiger partial charge in [-0.1, -0.05) is 92.1 Å². The topological polar surface area (TPSA) is 94.6 Å². The van der Waals surface area contributed by atoms with Gasteiger partial charge in [0.2, 0.25) is 17.8 Å². The van der Waals surface area contributed by atoms with Gasteiger partial charge in [-0.3, -0.25) is 24.7 Å². The number of amides is 3. The van der Waals surface area contributed by atoms with Crippen LogP contribution in [0, 0.1) is 0 Å². The van der Waals surface area contributed by atoms with Crippen LogP contribution in [0.1, 0.15) is 75.2 Å². The maximum absolute atomic E-state index is 14.7. The monoisotopic (exact) mass is 627 g/mol. The predicted octanol–water partition coefficient (Wildman–Crippen LogP) is 6.07. The largest absolute Gasteiger partial charge is 0.452 e. The molecule has 3 aliphatic rings.